The Morgan fingerprint density at radius 3 is 1.35 bits per heavy atom. The molecule has 208 valence electrons. The maximum atomic E-state index is 11.1. The molecule has 4 aliphatic rings. The number of aliphatic carboxylic acids is 2. The second-order valence-electron chi connectivity index (χ2n) is 11.9. The Hall–Kier alpha value is -2.22. The van der Waals surface area contributed by atoms with Crippen molar-refractivity contribution >= 4 is 11.9 Å². The molecule has 7 heteroatoms. The van der Waals surface area contributed by atoms with Gasteiger partial charge in [-0.3, -0.25) is 0 Å². The van der Waals surface area contributed by atoms with Crippen LogP contribution >= 0.6 is 0 Å². The van der Waals surface area contributed by atoms with E-state index in [2.05, 4.69) is 40.9 Å². The van der Waals surface area contributed by atoms with Crippen LogP contribution < -0.4 is 0 Å². The van der Waals surface area contributed by atoms with Crippen molar-refractivity contribution in [1.29, 1.82) is 0 Å². The van der Waals surface area contributed by atoms with E-state index in [1.165, 1.54) is 0 Å². The number of carboxylic acid groups (broad SMARTS) is 2. The number of hydrogen-bond acceptors (Lipinski definition) is 4. The van der Waals surface area contributed by atoms with Crippen LogP contribution in [0.5, 0.6) is 0 Å². The van der Waals surface area contributed by atoms with Gasteiger partial charge < -0.3 is 25.9 Å². The van der Waals surface area contributed by atoms with Crippen LogP contribution in [0.25, 0.3) is 0 Å². The van der Waals surface area contributed by atoms with Gasteiger partial charge in [-0.15, -0.1) is 0 Å². The molecule has 0 radical (unpaired) electrons. The second-order valence-corrected chi connectivity index (χ2v) is 11.9. The van der Waals surface area contributed by atoms with Crippen molar-refractivity contribution in [2.45, 2.75) is 78.4 Å². The SMILES string of the molecule is C=C1[C@H](O)C[C@@H](C(C)C)[C@@H]2C=C(C(=O)O)CC[C@@H]12.C=C1[C@H](O)C[C@@H](C(C)C)[C@@H]2C=C(C(=O)O)CC[C@@H]12.O. The zero-order chi connectivity index (χ0) is 26.9. The molecular formula is C30H46O7. The average molecular weight is 519 g/mol. The fourth-order valence-corrected chi connectivity index (χ4v) is 7.00. The molecule has 4 aliphatic carbocycles. The number of fused-ring (bicyclic) bond motifs is 2. The summed E-state index contributed by atoms with van der Waals surface area (Å²) in [4.78, 5) is 22.2. The summed E-state index contributed by atoms with van der Waals surface area (Å²) in [7, 11) is 0. The Balaban J connectivity index is 0.000000253. The maximum Gasteiger partial charge on any atom is 0.331 e. The van der Waals surface area contributed by atoms with Gasteiger partial charge in [0.2, 0.25) is 0 Å². The largest absolute Gasteiger partial charge is 0.478 e. The van der Waals surface area contributed by atoms with Crippen LogP contribution in [-0.2, 0) is 9.59 Å². The average Bonchev–Trinajstić information content (AvgIpc) is 2.82. The zero-order valence-electron chi connectivity index (χ0n) is 22.7. The summed E-state index contributed by atoms with van der Waals surface area (Å²) >= 11 is 0. The minimum absolute atomic E-state index is 0. The van der Waals surface area contributed by atoms with E-state index in [0.29, 0.717) is 60.5 Å². The summed E-state index contributed by atoms with van der Waals surface area (Å²) in [5.41, 5.74) is 2.87. The summed E-state index contributed by atoms with van der Waals surface area (Å²) in [6.07, 6.45) is 7.24. The van der Waals surface area contributed by atoms with Gasteiger partial charge in [0, 0.05) is 11.1 Å². The first-order valence-electron chi connectivity index (χ1n) is 13.4. The molecule has 2 saturated carbocycles. The van der Waals surface area contributed by atoms with Crippen molar-refractivity contribution in [3.8, 4) is 0 Å². The monoisotopic (exact) mass is 518 g/mol. The van der Waals surface area contributed by atoms with E-state index in [0.717, 1.165) is 24.0 Å². The Morgan fingerprint density at radius 2 is 1.08 bits per heavy atom. The normalized spacial score (nSPS) is 35.2. The van der Waals surface area contributed by atoms with Crippen LogP contribution in [0.3, 0.4) is 0 Å². The number of allylic oxidation sites excluding steroid dienone is 2. The van der Waals surface area contributed by atoms with Crippen LogP contribution in [-0.4, -0.2) is 50.0 Å². The minimum Gasteiger partial charge on any atom is -0.478 e. The summed E-state index contributed by atoms with van der Waals surface area (Å²) in [6, 6.07) is 0. The van der Waals surface area contributed by atoms with Crippen molar-refractivity contribution in [1.82, 2.24) is 0 Å². The first-order chi connectivity index (χ1) is 16.8. The second kappa shape index (κ2) is 12.5. The van der Waals surface area contributed by atoms with Crippen LogP contribution in [0.1, 0.15) is 66.2 Å². The molecule has 0 heterocycles. The summed E-state index contributed by atoms with van der Waals surface area (Å²) in [5.74, 6) is 0.986. The summed E-state index contributed by atoms with van der Waals surface area (Å²) in [6.45, 7) is 16.6. The molecule has 0 aliphatic heterocycles. The first-order valence-corrected chi connectivity index (χ1v) is 13.4. The van der Waals surface area contributed by atoms with E-state index >= 15 is 0 Å². The van der Waals surface area contributed by atoms with Crippen molar-refractivity contribution in [2.75, 3.05) is 0 Å². The van der Waals surface area contributed by atoms with E-state index in [1.54, 1.807) is 0 Å². The van der Waals surface area contributed by atoms with E-state index in [-0.39, 0.29) is 29.1 Å². The highest BCUT2D eigenvalue weighted by Crippen LogP contribution is 2.48. The van der Waals surface area contributed by atoms with E-state index in [9.17, 15) is 19.8 Å². The Morgan fingerprint density at radius 1 is 0.757 bits per heavy atom. The third-order valence-corrected chi connectivity index (χ3v) is 9.22. The van der Waals surface area contributed by atoms with Crippen molar-refractivity contribution < 1.29 is 35.5 Å². The number of rotatable bonds is 4. The van der Waals surface area contributed by atoms with Crippen LogP contribution in [0.15, 0.2) is 47.6 Å². The van der Waals surface area contributed by atoms with Gasteiger partial charge in [0.05, 0.1) is 12.2 Å². The lowest BCUT2D eigenvalue weighted by atomic mass is 9.61. The number of carbonyl (C=O) groups is 2. The molecule has 0 saturated heterocycles. The van der Waals surface area contributed by atoms with Crippen molar-refractivity contribution in [3.63, 3.8) is 0 Å². The molecule has 0 spiro atoms. The number of aliphatic hydroxyl groups excluding tert-OH is 2. The molecule has 0 aromatic rings. The van der Waals surface area contributed by atoms with Gasteiger partial charge in [0.15, 0.2) is 0 Å². The van der Waals surface area contributed by atoms with Crippen molar-refractivity contribution in [3.05, 3.63) is 47.6 Å². The van der Waals surface area contributed by atoms with Crippen LogP contribution in [0, 0.1) is 47.3 Å². The highest BCUT2D eigenvalue weighted by atomic mass is 16.4. The van der Waals surface area contributed by atoms with E-state index in [4.69, 9.17) is 10.2 Å². The van der Waals surface area contributed by atoms with Crippen LogP contribution in [0.4, 0.5) is 0 Å². The molecular weight excluding hydrogens is 472 g/mol. The molecule has 0 aromatic heterocycles. The van der Waals surface area contributed by atoms with E-state index in [1.807, 2.05) is 12.2 Å². The summed E-state index contributed by atoms with van der Waals surface area (Å²) < 4.78 is 0. The van der Waals surface area contributed by atoms with Gasteiger partial charge in [0.1, 0.15) is 0 Å². The van der Waals surface area contributed by atoms with Crippen molar-refractivity contribution in [2.24, 2.45) is 47.3 Å². The highest BCUT2D eigenvalue weighted by molar-refractivity contribution is 5.87. The molecule has 37 heavy (non-hydrogen) atoms. The molecule has 0 amide bonds. The fourth-order valence-electron chi connectivity index (χ4n) is 7.00. The molecule has 0 aromatic carbocycles. The zero-order valence-corrected chi connectivity index (χ0v) is 22.7. The molecule has 0 unspecified atom stereocenters. The quantitative estimate of drug-likeness (QED) is 0.406. The molecule has 8 atom stereocenters. The third-order valence-electron chi connectivity index (χ3n) is 9.22. The predicted octanol–water partition coefficient (Wildman–Crippen LogP) is 4.41. The number of aliphatic hydroxyl groups is 2. The number of carboxylic acids is 2. The molecule has 4 rings (SSSR count). The fraction of sp³-hybridized carbons (Fsp3) is 0.667. The Kier molecular flexibility index (Phi) is 10.5. The predicted molar refractivity (Wildman–Crippen MR) is 144 cm³/mol. The lowest BCUT2D eigenvalue weighted by Gasteiger charge is -2.44. The molecule has 2 fully saturated rings. The van der Waals surface area contributed by atoms with Gasteiger partial charge in [-0.25, -0.2) is 9.59 Å². The first kappa shape index (κ1) is 31.0. The topological polar surface area (TPSA) is 147 Å². The molecule has 0 bridgehead atoms. The van der Waals surface area contributed by atoms with Crippen LogP contribution in [0.2, 0.25) is 0 Å². The maximum absolute atomic E-state index is 11.1. The van der Waals surface area contributed by atoms with Gasteiger partial charge in [-0.05, 0) is 97.0 Å². The molecule has 6 N–H and O–H groups in total. The minimum atomic E-state index is -0.798. The smallest absolute Gasteiger partial charge is 0.331 e. The van der Waals surface area contributed by atoms with Gasteiger partial charge in [-0.2, -0.15) is 0 Å². The lowest BCUT2D eigenvalue weighted by Crippen LogP contribution is -2.40. The summed E-state index contributed by atoms with van der Waals surface area (Å²) in [5, 5.41) is 38.4. The Labute approximate surface area is 221 Å². The molecule has 7 nitrogen and oxygen atoms in total. The highest BCUT2D eigenvalue weighted by Gasteiger charge is 2.43. The standard InChI is InChI=1S/2C15H22O3.H2O/c2*1-8(2)12-7-14(16)9(3)11-5-4-10(15(17)18)6-13(11)12;/h2*6,8,11-14,16H,3-5,7H2,1-2H3,(H,17,18);1H2/t2*11-,12-,13+,14+;/m00./s1. The van der Waals surface area contributed by atoms with Gasteiger partial charge in [0.25, 0.3) is 0 Å². The van der Waals surface area contributed by atoms with Gasteiger partial charge in [-0.1, -0.05) is 53.0 Å². The lowest BCUT2D eigenvalue weighted by molar-refractivity contribution is -0.134. The number of hydrogen-bond donors (Lipinski definition) is 4. The van der Waals surface area contributed by atoms with Gasteiger partial charge >= 0.3 is 11.9 Å². The third kappa shape index (κ3) is 6.62. The Bertz CT molecular complexity index is 868. The van der Waals surface area contributed by atoms with E-state index < -0.39 is 24.1 Å².